The Bertz CT molecular complexity index is 249. The molecule has 0 saturated heterocycles. The van der Waals surface area contributed by atoms with E-state index < -0.39 is 10.0 Å². The van der Waals surface area contributed by atoms with Crippen molar-refractivity contribution >= 4 is 27.2 Å². The third kappa shape index (κ3) is 8.14. The fourth-order valence-electron chi connectivity index (χ4n) is 0.736. The van der Waals surface area contributed by atoms with Gasteiger partial charge in [0.15, 0.2) is 0 Å². The fourth-order valence-corrected chi connectivity index (χ4v) is 2.06. The van der Waals surface area contributed by atoms with Crippen LogP contribution < -0.4 is 10.5 Å². The van der Waals surface area contributed by atoms with Crippen LogP contribution in [0.1, 0.15) is 26.2 Å². The molecule has 0 saturated carbocycles. The fraction of sp³-hybridized carbons (Fsp3) is 0.857. The smallest absolute Gasteiger partial charge is 0.211 e. The lowest BCUT2D eigenvalue weighted by Gasteiger charge is -2.04. The topological polar surface area (TPSA) is 72.2 Å². The Morgan fingerprint density at radius 3 is 2.62 bits per heavy atom. The second kappa shape index (κ2) is 6.28. The van der Waals surface area contributed by atoms with Gasteiger partial charge in [-0.1, -0.05) is 25.6 Å². The van der Waals surface area contributed by atoms with Crippen LogP contribution in [0.3, 0.4) is 0 Å². The van der Waals surface area contributed by atoms with Gasteiger partial charge >= 0.3 is 0 Å². The van der Waals surface area contributed by atoms with Crippen LogP contribution in [0, 0.1) is 0 Å². The van der Waals surface area contributed by atoms with Gasteiger partial charge in [-0.3, -0.25) is 0 Å². The predicted octanol–water partition coefficient (Wildman–Crippen LogP) is 0.382. The van der Waals surface area contributed by atoms with Crippen LogP contribution >= 0.6 is 12.2 Å². The molecule has 6 heteroatoms. The Hall–Kier alpha value is -0.200. The van der Waals surface area contributed by atoms with Crippen LogP contribution in [0.2, 0.25) is 0 Å². The van der Waals surface area contributed by atoms with Gasteiger partial charge < -0.3 is 5.73 Å². The van der Waals surface area contributed by atoms with Crippen molar-refractivity contribution < 1.29 is 8.42 Å². The molecule has 0 aromatic rings. The van der Waals surface area contributed by atoms with Crippen LogP contribution in [-0.2, 0) is 10.0 Å². The van der Waals surface area contributed by atoms with Crippen molar-refractivity contribution in [1.29, 1.82) is 0 Å². The maximum atomic E-state index is 11.2. The van der Waals surface area contributed by atoms with Gasteiger partial charge in [0.2, 0.25) is 10.0 Å². The molecular weight excluding hydrogens is 208 g/mol. The Morgan fingerprint density at radius 1 is 1.54 bits per heavy atom. The third-order valence-corrected chi connectivity index (χ3v) is 3.13. The molecule has 0 rings (SSSR count). The number of hydrogen-bond donors (Lipinski definition) is 2. The SMILES string of the molecule is CCCCS(=O)(=O)NCCC(N)=S. The summed E-state index contributed by atoms with van der Waals surface area (Å²) < 4.78 is 24.8. The normalized spacial score (nSPS) is 11.5. The van der Waals surface area contributed by atoms with Gasteiger partial charge in [-0.15, -0.1) is 0 Å². The van der Waals surface area contributed by atoms with E-state index in [1.807, 2.05) is 6.92 Å². The molecule has 0 spiro atoms. The predicted molar refractivity (Wildman–Crippen MR) is 58.1 cm³/mol. The minimum absolute atomic E-state index is 0.181. The van der Waals surface area contributed by atoms with Crippen LogP contribution in [0.5, 0.6) is 0 Å². The first-order valence-corrected chi connectivity index (χ1v) is 6.29. The lowest BCUT2D eigenvalue weighted by Crippen LogP contribution is -2.29. The minimum Gasteiger partial charge on any atom is -0.393 e. The first kappa shape index (κ1) is 12.8. The molecule has 0 aliphatic rings. The lowest BCUT2D eigenvalue weighted by atomic mass is 10.4. The monoisotopic (exact) mass is 224 g/mol. The number of hydrogen-bond acceptors (Lipinski definition) is 3. The summed E-state index contributed by atoms with van der Waals surface area (Å²) in [6.45, 7) is 2.26. The molecule has 0 aromatic heterocycles. The molecule has 0 amide bonds. The summed E-state index contributed by atoms with van der Waals surface area (Å²) in [4.78, 5) is 0.332. The Kier molecular flexibility index (Phi) is 6.19. The van der Waals surface area contributed by atoms with Crippen LogP contribution in [0.25, 0.3) is 0 Å². The molecule has 0 radical (unpaired) electrons. The Morgan fingerprint density at radius 2 is 2.15 bits per heavy atom. The quantitative estimate of drug-likeness (QED) is 0.613. The lowest BCUT2D eigenvalue weighted by molar-refractivity contribution is 0.579. The van der Waals surface area contributed by atoms with Gasteiger partial charge in [0.1, 0.15) is 0 Å². The number of nitrogens with one attached hydrogen (secondary N) is 1. The molecule has 78 valence electrons. The van der Waals surface area contributed by atoms with E-state index in [4.69, 9.17) is 5.73 Å². The summed E-state index contributed by atoms with van der Waals surface area (Å²) in [5.74, 6) is 0.181. The summed E-state index contributed by atoms with van der Waals surface area (Å²) in [5.41, 5.74) is 5.22. The van der Waals surface area contributed by atoms with E-state index in [1.54, 1.807) is 0 Å². The maximum absolute atomic E-state index is 11.2. The number of rotatable bonds is 7. The van der Waals surface area contributed by atoms with Crippen molar-refractivity contribution in [2.24, 2.45) is 5.73 Å². The van der Waals surface area contributed by atoms with E-state index >= 15 is 0 Å². The van der Waals surface area contributed by atoms with Gasteiger partial charge in [-0.05, 0) is 6.42 Å². The summed E-state index contributed by atoms with van der Waals surface area (Å²) >= 11 is 4.61. The standard InChI is InChI=1S/C7H16N2O2S2/c1-2-3-6-13(10,11)9-5-4-7(8)12/h9H,2-6H2,1H3,(H2,8,12). The summed E-state index contributed by atoms with van der Waals surface area (Å²) in [7, 11) is -3.10. The van der Waals surface area contributed by atoms with Gasteiger partial charge in [0, 0.05) is 13.0 Å². The summed E-state index contributed by atoms with van der Waals surface area (Å²) in [5, 5.41) is 0. The van der Waals surface area contributed by atoms with Crippen molar-refractivity contribution in [1.82, 2.24) is 4.72 Å². The van der Waals surface area contributed by atoms with E-state index in [9.17, 15) is 8.42 Å². The second-order valence-corrected chi connectivity index (χ2v) is 5.23. The highest BCUT2D eigenvalue weighted by Crippen LogP contribution is 1.93. The largest absolute Gasteiger partial charge is 0.393 e. The number of unbranched alkanes of at least 4 members (excludes halogenated alkanes) is 1. The van der Waals surface area contributed by atoms with Gasteiger partial charge in [-0.2, -0.15) is 0 Å². The molecule has 0 aliphatic heterocycles. The summed E-state index contributed by atoms with van der Waals surface area (Å²) in [6.07, 6.45) is 1.97. The molecule has 0 unspecified atom stereocenters. The molecule has 3 N–H and O–H groups in total. The van der Waals surface area contributed by atoms with Crippen LogP contribution in [-0.4, -0.2) is 25.7 Å². The molecule has 0 aromatic carbocycles. The zero-order valence-electron chi connectivity index (χ0n) is 7.75. The third-order valence-electron chi connectivity index (χ3n) is 1.46. The van der Waals surface area contributed by atoms with E-state index in [0.717, 1.165) is 6.42 Å². The average Bonchev–Trinajstić information content (AvgIpc) is 2.00. The Labute approximate surface area is 84.9 Å². The average molecular weight is 224 g/mol. The molecule has 0 bridgehead atoms. The van der Waals surface area contributed by atoms with Crippen molar-refractivity contribution in [3.8, 4) is 0 Å². The molecule has 0 aliphatic carbocycles. The van der Waals surface area contributed by atoms with Crippen LogP contribution in [0.15, 0.2) is 0 Å². The molecule has 4 nitrogen and oxygen atoms in total. The van der Waals surface area contributed by atoms with E-state index in [2.05, 4.69) is 16.9 Å². The highest BCUT2D eigenvalue weighted by molar-refractivity contribution is 7.89. The first-order chi connectivity index (χ1) is 5.98. The highest BCUT2D eigenvalue weighted by atomic mass is 32.2. The first-order valence-electron chi connectivity index (χ1n) is 4.23. The van der Waals surface area contributed by atoms with Crippen molar-refractivity contribution in [2.45, 2.75) is 26.2 Å². The van der Waals surface area contributed by atoms with Gasteiger partial charge in [-0.25, -0.2) is 13.1 Å². The van der Waals surface area contributed by atoms with Crippen molar-refractivity contribution in [2.75, 3.05) is 12.3 Å². The summed E-state index contributed by atoms with van der Waals surface area (Å²) in [6, 6.07) is 0. The molecule has 0 heterocycles. The van der Waals surface area contributed by atoms with Crippen molar-refractivity contribution in [3.63, 3.8) is 0 Å². The number of nitrogens with two attached hydrogens (primary N) is 1. The number of sulfonamides is 1. The molecular formula is C7H16N2O2S2. The van der Waals surface area contributed by atoms with Gasteiger partial charge in [0.25, 0.3) is 0 Å². The zero-order valence-corrected chi connectivity index (χ0v) is 9.38. The molecule has 0 fully saturated rings. The van der Waals surface area contributed by atoms with Crippen LogP contribution in [0.4, 0.5) is 0 Å². The van der Waals surface area contributed by atoms with E-state index in [1.165, 1.54) is 0 Å². The van der Waals surface area contributed by atoms with E-state index in [0.29, 0.717) is 24.4 Å². The van der Waals surface area contributed by atoms with Crippen molar-refractivity contribution in [3.05, 3.63) is 0 Å². The minimum atomic E-state index is -3.10. The van der Waals surface area contributed by atoms with Gasteiger partial charge in [0.05, 0.1) is 10.7 Å². The maximum Gasteiger partial charge on any atom is 0.211 e. The van der Waals surface area contributed by atoms with E-state index in [-0.39, 0.29) is 5.75 Å². The number of thiocarbonyl (C=S) groups is 1. The zero-order chi connectivity index (χ0) is 10.3. The Balaban J connectivity index is 3.70. The highest BCUT2D eigenvalue weighted by Gasteiger charge is 2.07. The molecule has 13 heavy (non-hydrogen) atoms. The molecule has 0 atom stereocenters. The second-order valence-electron chi connectivity index (χ2n) is 2.78.